The molecule has 0 radical (unpaired) electrons. The number of hydrogen-bond donors (Lipinski definition) is 2. The maximum absolute atomic E-state index is 13.5. The van der Waals surface area contributed by atoms with Gasteiger partial charge in [0.1, 0.15) is 11.5 Å². The molecule has 0 amide bonds. The second kappa shape index (κ2) is 21.6. The van der Waals surface area contributed by atoms with E-state index in [1.807, 2.05) is 0 Å². The lowest BCUT2D eigenvalue weighted by Gasteiger charge is -2.20. The topological polar surface area (TPSA) is 291 Å². The first-order chi connectivity index (χ1) is 33.4. The highest BCUT2D eigenvalue weighted by atomic mass is 35.5. The summed E-state index contributed by atoms with van der Waals surface area (Å²) in [4.78, 5) is 55.4. The molecule has 0 unspecified atom stereocenters. The molecule has 0 saturated carbocycles. The fourth-order valence-electron chi connectivity index (χ4n) is 7.14. The van der Waals surface area contributed by atoms with E-state index in [9.17, 15) is 26.4 Å². The van der Waals surface area contributed by atoms with Gasteiger partial charge in [-0.05, 0) is 62.4 Å². The van der Waals surface area contributed by atoms with Crippen molar-refractivity contribution in [2.45, 2.75) is 61.5 Å². The van der Waals surface area contributed by atoms with E-state index in [0.717, 1.165) is 0 Å². The number of pyridine rings is 4. The van der Waals surface area contributed by atoms with Crippen molar-refractivity contribution in [2.75, 3.05) is 14.2 Å². The summed E-state index contributed by atoms with van der Waals surface area (Å²) in [7, 11) is -4.86. The predicted octanol–water partition coefficient (Wildman–Crippen LogP) is 5.15. The van der Waals surface area contributed by atoms with Gasteiger partial charge in [0.15, 0.2) is 54.3 Å². The van der Waals surface area contributed by atoms with Crippen molar-refractivity contribution >= 4 is 42.9 Å². The minimum Gasteiger partial charge on any atom is -0.479 e. The lowest BCUT2D eigenvalue weighted by molar-refractivity contribution is 0.393. The van der Waals surface area contributed by atoms with E-state index < -0.39 is 64.6 Å². The fourth-order valence-corrected chi connectivity index (χ4v) is 10.5. The molecule has 70 heavy (non-hydrogen) atoms. The standard InChI is InChI=1S/2C22H22ClN7O4S/c2*1-13(17-7-6-16(23)10-25-17)14(2)35(32,33)11-18-28-29-20(15-5-4-8-24-9-15)30(18)19-21(31)26-12-27-22(19)34-3/h2*4-10,12-14H,11H2,1-3H3,(H,26,27,31)/t2*13-,14-/m00/s1. The largest absolute Gasteiger partial charge is 0.479 e. The van der Waals surface area contributed by atoms with E-state index in [0.29, 0.717) is 32.6 Å². The van der Waals surface area contributed by atoms with Gasteiger partial charge in [-0.1, -0.05) is 37.0 Å². The molecule has 4 atom stereocenters. The van der Waals surface area contributed by atoms with Gasteiger partial charge in [0.05, 0.1) is 47.4 Å². The van der Waals surface area contributed by atoms with Gasteiger partial charge in [-0.2, -0.15) is 0 Å². The van der Waals surface area contributed by atoms with Crippen molar-refractivity contribution in [1.82, 2.24) is 69.4 Å². The molecule has 8 aromatic heterocycles. The summed E-state index contributed by atoms with van der Waals surface area (Å²) < 4.78 is 67.1. The second-order valence-corrected chi connectivity index (χ2v) is 21.2. The van der Waals surface area contributed by atoms with E-state index in [1.165, 1.54) is 60.8 Å². The molecule has 0 bridgehead atoms. The molecule has 0 fully saturated rings. The SMILES string of the molecule is COc1nc[nH]c(=O)c1-n1c(CS(=O)(=O)[C@@H](C)[C@H](C)c2ccc(Cl)cn2)nnc1-c1cccnc1.COc1nc[nH]c(=O)c1-n1c(CS(=O)(=O)[C@@H](C)[C@H](C)c2ccc(Cl)cn2)nnc1-c1cccnc1. The lowest BCUT2D eigenvalue weighted by Crippen LogP contribution is -2.28. The van der Waals surface area contributed by atoms with Crippen LogP contribution in [0, 0.1) is 0 Å². The van der Waals surface area contributed by atoms with Crippen LogP contribution >= 0.6 is 23.2 Å². The minimum atomic E-state index is -3.79. The van der Waals surface area contributed by atoms with Gasteiger partial charge in [-0.15, -0.1) is 20.4 Å². The third-order valence-electron chi connectivity index (χ3n) is 11.4. The summed E-state index contributed by atoms with van der Waals surface area (Å²) in [6.07, 6.45) is 11.6. The molecule has 0 aliphatic heterocycles. The van der Waals surface area contributed by atoms with E-state index in [4.69, 9.17) is 32.7 Å². The molecule has 8 heterocycles. The van der Waals surface area contributed by atoms with Gasteiger partial charge in [-0.25, -0.2) is 26.8 Å². The summed E-state index contributed by atoms with van der Waals surface area (Å²) in [6.45, 7) is 6.77. The minimum absolute atomic E-state index is 0.0101. The summed E-state index contributed by atoms with van der Waals surface area (Å²) >= 11 is 11.8. The number of ether oxygens (including phenoxy) is 2. The molecule has 0 aliphatic rings. The van der Waals surface area contributed by atoms with Crippen LogP contribution in [0.5, 0.6) is 11.8 Å². The van der Waals surface area contributed by atoms with E-state index in [2.05, 4.69) is 60.3 Å². The molecule has 26 heteroatoms. The Hall–Kier alpha value is -7.28. The van der Waals surface area contributed by atoms with Gasteiger partial charge < -0.3 is 19.4 Å². The van der Waals surface area contributed by atoms with Crippen LogP contribution < -0.4 is 20.6 Å². The van der Waals surface area contributed by atoms with Gasteiger partial charge in [0, 0.05) is 71.5 Å². The van der Waals surface area contributed by atoms with Crippen molar-refractivity contribution in [1.29, 1.82) is 0 Å². The van der Waals surface area contributed by atoms with Gasteiger partial charge >= 0.3 is 0 Å². The Bertz CT molecular complexity index is 3210. The van der Waals surface area contributed by atoms with Gasteiger partial charge in [0.2, 0.25) is 11.8 Å². The maximum atomic E-state index is 13.5. The van der Waals surface area contributed by atoms with E-state index in [1.54, 1.807) is 88.6 Å². The number of aromatic amines is 2. The van der Waals surface area contributed by atoms with E-state index >= 15 is 0 Å². The van der Waals surface area contributed by atoms with Crippen molar-refractivity contribution in [3.63, 3.8) is 0 Å². The first-order valence-corrected chi connectivity index (χ1v) is 25.2. The monoisotopic (exact) mass is 1030 g/mol. The van der Waals surface area contributed by atoms with Crippen LogP contribution in [0.2, 0.25) is 10.0 Å². The van der Waals surface area contributed by atoms with E-state index in [-0.39, 0.29) is 46.4 Å². The number of aromatic nitrogens is 14. The third kappa shape index (κ3) is 10.9. The summed E-state index contributed by atoms with van der Waals surface area (Å²) in [5, 5.41) is 15.9. The fraction of sp³-hybridized carbons (Fsp3) is 0.273. The predicted molar refractivity (Wildman–Crippen MR) is 259 cm³/mol. The molecular weight excluding hydrogens is 988 g/mol. The van der Waals surface area contributed by atoms with Crippen LogP contribution in [0.3, 0.4) is 0 Å². The number of methoxy groups -OCH3 is 2. The first kappa shape index (κ1) is 50.6. The summed E-state index contributed by atoms with van der Waals surface area (Å²) in [6, 6.07) is 13.6. The Labute approximate surface area is 410 Å². The molecule has 0 aliphatic carbocycles. The highest BCUT2D eigenvalue weighted by molar-refractivity contribution is 7.91. The Morgan fingerprint density at radius 1 is 0.571 bits per heavy atom. The van der Waals surface area contributed by atoms with Crippen LogP contribution in [-0.4, -0.2) is 111 Å². The number of halogens is 2. The number of nitrogens with zero attached hydrogens (tertiary/aromatic N) is 12. The molecular formula is C44H44Cl2N14O8S2. The summed E-state index contributed by atoms with van der Waals surface area (Å²) in [5.41, 5.74) is 1.07. The van der Waals surface area contributed by atoms with Gasteiger partial charge in [0.25, 0.3) is 11.1 Å². The maximum Gasteiger partial charge on any atom is 0.279 e. The molecule has 0 aromatic carbocycles. The van der Waals surface area contributed by atoms with Crippen molar-refractivity contribution in [3.05, 3.63) is 152 Å². The second-order valence-electron chi connectivity index (χ2n) is 15.6. The Morgan fingerprint density at radius 2 is 0.971 bits per heavy atom. The molecule has 0 spiro atoms. The van der Waals surface area contributed by atoms with Crippen LogP contribution in [-0.2, 0) is 31.2 Å². The summed E-state index contributed by atoms with van der Waals surface area (Å²) in [5.74, 6) is -1.35. The zero-order valence-electron chi connectivity index (χ0n) is 38.2. The van der Waals surface area contributed by atoms with Crippen LogP contribution in [0.15, 0.2) is 108 Å². The molecule has 0 saturated heterocycles. The Morgan fingerprint density at radius 3 is 1.30 bits per heavy atom. The average molecular weight is 1030 g/mol. The average Bonchev–Trinajstić information content (AvgIpc) is 3.96. The van der Waals surface area contributed by atoms with Crippen LogP contribution in [0.25, 0.3) is 34.2 Å². The lowest BCUT2D eigenvalue weighted by atomic mass is 10.0. The van der Waals surface area contributed by atoms with Crippen molar-refractivity contribution in [2.24, 2.45) is 0 Å². The first-order valence-electron chi connectivity index (χ1n) is 21.0. The van der Waals surface area contributed by atoms with Crippen LogP contribution in [0.1, 0.15) is 62.6 Å². The third-order valence-corrected chi connectivity index (χ3v) is 16.2. The zero-order valence-corrected chi connectivity index (χ0v) is 41.3. The molecule has 8 rings (SSSR count). The Balaban J connectivity index is 0.000000206. The van der Waals surface area contributed by atoms with Crippen molar-refractivity contribution < 1.29 is 26.3 Å². The Kier molecular flexibility index (Phi) is 15.6. The number of nitrogens with one attached hydrogen (secondary N) is 2. The quantitative estimate of drug-likeness (QED) is 0.126. The zero-order chi connectivity index (χ0) is 50.3. The normalized spacial score (nSPS) is 13.4. The molecule has 8 aromatic rings. The number of hydrogen-bond acceptors (Lipinski definition) is 18. The van der Waals surface area contributed by atoms with Crippen LogP contribution in [0.4, 0.5) is 0 Å². The van der Waals surface area contributed by atoms with Crippen molar-refractivity contribution in [3.8, 4) is 45.9 Å². The molecule has 2 N–H and O–H groups in total. The van der Waals surface area contributed by atoms with Gasteiger partial charge in [-0.3, -0.25) is 38.7 Å². The number of H-pyrrole nitrogens is 2. The smallest absolute Gasteiger partial charge is 0.279 e. The number of rotatable bonds is 16. The molecule has 364 valence electrons. The molecule has 22 nitrogen and oxygen atoms in total. The highest BCUT2D eigenvalue weighted by Crippen LogP contribution is 2.31. The number of sulfone groups is 2. The highest BCUT2D eigenvalue weighted by Gasteiger charge is 2.34.